The van der Waals surface area contributed by atoms with Crippen LogP contribution in [0.25, 0.3) is 0 Å². The molecule has 0 aromatic carbocycles. The molecular weight excluding hydrogens is 254 g/mol. The molecule has 13 heavy (non-hydrogen) atoms. The average Bonchev–Trinajstić information content (AvgIpc) is 2.07. The summed E-state index contributed by atoms with van der Waals surface area (Å²) in [5.74, 6) is -2.26. The first-order valence-electron chi connectivity index (χ1n) is 3.24. The van der Waals surface area contributed by atoms with Crippen LogP contribution >= 0.6 is 15.9 Å². The highest BCUT2D eigenvalue weighted by molar-refractivity contribution is 9.08. The lowest BCUT2D eigenvalue weighted by Crippen LogP contribution is -2.02. The topological polar surface area (TPSA) is 12.9 Å². The molecule has 0 bridgehead atoms. The Hall–Kier alpha value is -0.650. The van der Waals surface area contributed by atoms with Crippen molar-refractivity contribution in [2.75, 3.05) is 0 Å². The van der Waals surface area contributed by atoms with Crippen molar-refractivity contribution in [3.63, 3.8) is 0 Å². The number of rotatable bonds is 2. The highest BCUT2D eigenvalue weighted by Gasteiger charge is 2.21. The maximum Gasteiger partial charge on any atom is 0.267 e. The lowest BCUT2D eigenvalue weighted by molar-refractivity contribution is 0.144. The van der Waals surface area contributed by atoms with E-state index in [1.165, 1.54) is 0 Å². The minimum absolute atomic E-state index is 0.191. The van der Waals surface area contributed by atoms with E-state index in [0.717, 1.165) is 0 Å². The van der Waals surface area contributed by atoms with Gasteiger partial charge in [0.05, 0.1) is 11.8 Å². The minimum Gasteiger partial charge on any atom is -0.225 e. The molecule has 0 spiro atoms. The molecule has 0 aliphatic carbocycles. The van der Waals surface area contributed by atoms with Gasteiger partial charge >= 0.3 is 0 Å². The van der Waals surface area contributed by atoms with Gasteiger partial charge in [0.25, 0.3) is 6.43 Å². The molecule has 0 fully saturated rings. The summed E-state index contributed by atoms with van der Waals surface area (Å²) in [5, 5.41) is -0.191. The summed E-state index contributed by atoms with van der Waals surface area (Å²) in [6.07, 6.45) is -2.59. The van der Waals surface area contributed by atoms with Crippen molar-refractivity contribution >= 4 is 15.9 Å². The molecule has 1 nitrogen and oxygen atoms in total. The monoisotopic (exact) mass is 257 g/mol. The summed E-state index contributed by atoms with van der Waals surface area (Å²) >= 11 is 2.78. The molecule has 1 heterocycles. The van der Waals surface area contributed by atoms with E-state index in [2.05, 4.69) is 20.9 Å². The van der Waals surface area contributed by atoms with Crippen LogP contribution in [0, 0.1) is 11.8 Å². The first-order chi connectivity index (χ1) is 6.07. The zero-order valence-corrected chi connectivity index (χ0v) is 7.78. The van der Waals surface area contributed by atoms with Crippen molar-refractivity contribution in [3.8, 4) is 0 Å². The first-order valence-corrected chi connectivity index (χ1v) is 4.37. The number of halogens is 5. The van der Waals surface area contributed by atoms with Gasteiger partial charge in [0, 0.05) is 10.9 Å². The van der Waals surface area contributed by atoms with E-state index in [0.29, 0.717) is 6.20 Å². The Morgan fingerprint density at radius 1 is 1.38 bits per heavy atom. The summed E-state index contributed by atoms with van der Waals surface area (Å²) in [4.78, 5) is 2.99. The van der Waals surface area contributed by atoms with Crippen LogP contribution in [0.15, 0.2) is 6.20 Å². The minimum atomic E-state index is -3.04. The molecule has 1 aromatic heterocycles. The SMILES string of the molecule is Fc1cnc(F)c(CBr)c1C(F)F. The third-order valence-electron chi connectivity index (χ3n) is 1.47. The van der Waals surface area contributed by atoms with Gasteiger partial charge in [-0.15, -0.1) is 0 Å². The van der Waals surface area contributed by atoms with Crippen molar-refractivity contribution in [1.82, 2.24) is 4.98 Å². The molecule has 1 rings (SSSR count). The summed E-state index contributed by atoms with van der Waals surface area (Å²) in [6, 6.07) is 0. The maximum atomic E-state index is 12.7. The van der Waals surface area contributed by atoms with Crippen molar-refractivity contribution in [3.05, 3.63) is 29.1 Å². The number of alkyl halides is 3. The molecule has 0 unspecified atom stereocenters. The highest BCUT2D eigenvalue weighted by atomic mass is 79.9. The molecule has 72 valence electrons. The second-order valence-corrected chi connectivity index (χ2v) is 2.78. The molecule has 0 aliphatic rings. The lowest BCUT2D eigenvalue weighted by atomic mass is 10.1. The molecule has 0 amide bonds. The number of pyridine rings is 1. The van der Waals surface area contributed by atoms with Crippen LogP contribution in [0.1, 0.15) is 17.6 Å². The average molecular weight is 258 g/mol. The van der Waals surface area contributed by atoms with E-state index in [-0.39, 0.29) is 5.33 Å². The molecule has 0 saturated carbocycles. The number of hydrogen-bond acceptors (Lipinski definition) is 1. The fourth-order valence-corrected chi connectivity index (χ4v) is 1.41. The van der Waals surface area contributed by atoms with Crippen molar-refractivity contribution in [2.24, 2.45) is 0 Å². The molecule has 0 atom stereocenters. The molecular formula is C7H4BrF4N. The van der Waals surface area contributed by atoms with Gasteiger partial charge in [-0.05, 0) is 0 Å². The van der Waals surface area contributed by atoms with Crippen molar-refractivity contribution in [1.29, 1.82) is 0 Å². The van der Waals surface area contributed by atoms with E-state index in [1.807, 2.05) is 0 Å². The molecule has 0 saturated heterocycles. The fourth-order valence-electron chi connectivity index (χ4n) is 0.879. The Labute approximate surface area is 79.9 Å². The molecule has 1 aromatic rings. The van der Waals surface area contributed by atoms with Crippen LogP contribution in [-0.2, 0) is 5.33 Å². The van der Waals surface area contributed by atoms with Gasteiger partial charge in [-0.1, -0.05) is 15.9 Å². The van der Waals surface area contributed by atoms with Gasteiger partial charge in [-0.25, -0.2) is 18.2 Å². The largest absolute Gasteiger partial charge is 0.267 e. The van der Waals surface area contributed by atoms with Crippen LogP contribution in [0.4, 0.5) is 17.6 Å². The standard InChI is InChI=1S/C7H4BrF4N/c8-1-3-5(6(10)11)4(9)2-13-7(3)12/h2,6H,1H2. The summed E-state index contributed by atoms with van der Waals surface area (Å²) in [7, 11) is 0. The van der Waals surface area contributed by atoms with E-state index in [9.17, 15) is 17.6 Å². The number of nitrogens with zero attached hydrogens (tertiary/aromatic N) is 1. The number of aromatic nitrogens is 1. The van der Waals surface area contributed by atoms with E-state index >= 15 is 0 Å². The van der Waals surface area contributed by atoms with Gasteiger partial charge in [-0.3, -0.25) is 0 Å². The molecule has 0 radical (unpaired) electrons. The summed E-state index contributed by atoms with van der Waals surface area (Å²) < 4.78 is 49.9. The van der Waals surface area contributed by atoms with Crippen LogP contribution in [-0.4, -0.2) is 4.98 Å². The Morgan fingerprint density at radius 3 is 2.38 bits per heavy atom. The van der Waals surface area contributed by atoms with Crippen LogP contribution in [0.3, 0.4) is 0 Å². The normalized spacial score (nSPS) is 10.9. The predicted molar refractivity (Wildman–Crippen MR) is 41.7 cm³/mol. The van der Waals surface area contributed by atoms with Gasteiger partial charge in [0.1, 0.15) is 0 Å². The molecule has 0 aliphatic heterocycles. The summed E-state index contributed by atoms with van der Waals surface area (Å²) in [5.41, 5.74) is -1.36. The maximum absolute atomic E-state index is 12.7. The van der Waals surface area contributed by atoms with E-state index in [4.69, 9.17) is 0 Å². The van der Waals surface area contributed by atoms with Gasteiger partial charge in [0.2, 0.25) is 5.95 Å². The molecule has 0 N–H and O–H groups in total. The Morgan fingerprint density at radius 2 is 2.00 bits per heavy atom. The van der Waals surface area contributed by atoms with E-state index < -0.39 is 29.3 Å². The Kier molecular flexibility index (Phi) is 3.24. The number of hydrogen-bond donors (Lipinski definition) is 0. The van der Waals surface area contributed by atoms with Crippen molar-refractivity contribution in [2.45, 2.75) is 11.8 Å². The smallest absolute Gasteiger partial charge is 0.225 e. The predicted octanol–water partition coefficient (Wildman–Crippen LogP) is 3.19. The van der Waals surface area contributed by atoms with Crippen LogP contribution < -0.4 is 0 Å². The third-order valence-corrected chi connectivity index (χ3v) is 2.04. The second-order valence-electron chi connectivity index (χ2n) is 2.22. The highest BCUT2D eigenvalue weighted by Crippen LogP contribution is 2.27. The van der Waals surface area contributed by atoms with Gasteiger partial charge < -0.3 is 0 Å². The third kappa shape index (κ3) is 1.99. The quantitative estimate of drug-likeness (QED) is 0.451. The Bertz CT molecular complexity index is 316. The lowest BCUT2D eigenvalue weighted by Gasteiger charge is -2.07. The summed E-state index contributed by atoms with van der Waals surface area (Å²) in [6.45, 7) is 0. The van der Waals surface area contributed by atoms with E-state index in [1.54, 1.807) is 0 Å². The zero-order chi connectivity index (χ0) is 10.0. The van der Waals surface area contributed by atoms with Crippen LogP contribution in [0.5, 0.6) is 0 Å². The fraction of sp³-hybridized carbons (Fsp3) is 0.286. The second kappa shape index (κ2) is 4.04. The van der Waals surface area contributed by atoms with Crippen LogP contribution in [0.2, 0.25) is 0 Å². The van der Waals surface area contributed by atoms with Gasteiger partial charge in [0.15, 0.2) is 5.82 Å². The first kappa shape index (κ1) is 10.4. The molecule has 6 heteroatoms. The van der Waals surface area contributed by atoms with Crippen molar-refractivity contribution < 1.29 is 17.6 Å². The zero-order valence-electron chi connectivity index (χ0n) is 6.20. The Balaban J connectivity index is 3.35. The van der Waals surface area contributed by atoms with Gasteiger partial charge in [-0.2, -0.15) is 4.39 Å².